The molecule has 2 fully saturated rings. The lowest BCUT2D eigenvalue weighted by molar-refractivity contribution is 0.0573. The molecule has 0 bridgehead atoms. The number of aromatic amines is 1. The fourth-order valence-electron chi connectivity index (χ4n) is 4.70. The van der Waals surface area contributed by atoms with Gasteiger partial charge in [0, 0.05) is 54.6 Å². The van der Waals surface area contributed by atoms with E-state index < -0.39 is 0 Å². The number of carbonyl (C=O) groups is 2. The van der Waals surface area contributed by atoms with Crippen molar-refractivity contribution in [3.63, 3.8) is 0 Å². The summed E-state index contributed by atoms with van der Waals surface area (Å²) in [6.45, 7) is 7.33. The summed E-state index contributed by atoms with van der Waals surface area (Å²) < 4.78 is 0. The number of fused-ring (bicyclic) bond motifs is 1. The second-order valence-electron chi connectivity index (χ2n) is 8.80. The van der Waals surface area contributed by atoms with Crippen LogP contribution in [0.2, 0.25) is 0 Å². The summed E-state index contributed by atoms with van der Waals surface area (Å²) >= 11 is 0. The van der Waals surface area contributed by atoms with Gasteiger partial charge in [0.1, 0.15) is 0 Å². The van der Waals surface area contributed by atoms with E-state index in [-0.39, 0.29) is 23.3 Å². The van der Waals surface area contributed by atoms with Gasteiger partial charge in [0.2, 0.25) is 5.78 Å². The third-order valence-corrected chi connectivity index (χ3v) is 6.90. The Hall–Kier alpha value is -2.47. The number of aromatic nitrogens is 1. The number of hydrogen-bond donors (Lipinski definition) is 2. The van der Waals surface area contributed by atoms with Crippen molar-refractivity contribution in [2.24, 2.45) is 5.92 Å². The van der Waals surface area contributed by atoms with E-state index in [9.17, 15) is 9.59 Å². The van der Waals surface area contributed by atoms with Crippen LogP contribution in [0.3, 0.4) is 0 Å². The quantitative estimate of drug-likeness (QED) is 0.557. The third kappa shape index (κ3) is 4.06. The van der Waals surface area contributed by atoms with Gasteiger partial charge in [-0.25, -0.2) is 0 Å². The van der Waals surface area contributed by atoms with E-state index in [0.29, 0.717) is 17.3 Å². The molecule has 30 heavy (non-hydrogen) atoms. The predicted molar refractivity (Wildman–Crippen MR) is 120 cm³/mol. The zero-order valence-electron chi connectivity index (χ0n) is 18.0. The van der Waals surface area contributed by atoms with Gasteiger partial charge in [-0.2, -0.15) is 0 Å². The normalized spacial score (nSPS) is 19.3. The van der Waals surface area contributed by atoms with Gasteiger partial charge in [-0.05, 0) is 43.5 Å². The molecule has 0 radical (unpaired) electrons. The summed E-state index contributed by atoms with van der Waals surface area (Å²) in [6, 6.07) is 8.04. The number of piperazine rings is 1. The van der Waals surface area contributed by atoms with Crippen LogP contribution in [0.1, 0.15) is 66.8 Å². The van der Waals surface area contributed by atoms with Crippen LogP contribution in [0, 0.1) is 11.3 Å². The van der Waals surface area contributed by atoms with Crippen molar-refractivity contribution in [1.82, 2.24) is 14.8 Å². The first-order valence-electron chi connectivity index (χ1n) is 11.3. The molecule has 2 aliphatic rings. The van der Waals surface area contributed by atoms with Gasteiger partial charge in [0.25, 0.3) is 5.91 Å². The lowest BCUT2D eigenvalue weighted by atomic mass is 9.98. The molecule has 0 spiro atoms. The van der Waals surface area contributed by atoms with Gasteiger partial charge in [-0.3, -0.25) is 14.5 Å². The maximum absolute atomic E-state index is 13.0. The minimum Gasteiger partial charge on any atom is -0.352 e. The highest BCUT2D eigenvalue weighted by atomic mass is 16.2. The van der Waals surface area contributed by atoms with E-state index in [2.05, 4.69) is 9.88 Å². The topological polar surface area (TPSA) is 80.3 Å². The fourth-order valence-corrected chi connectivity index (χ4v) is 4.70. The molecule has 1 aliphatic carbocycles. The van der Waals surface area contributed by atoms with Crippen molar-refractivity contribution >= 4 is 28.3 Å². The molecular formula is C24H32N4O2. The SMILES string of the molecule is CCC(C)C(=N)C(=O)c1cc2cc(C(=O)N3CCN(C4CCCC4)CC3)ccc2[nH]1. The Balaban J connectivity index is 1.45. The van der Waals surface area contributed by atoms with Crippen LogP contribution in [-0.2, 0) is 0 Å². The first kappa shape index (κ1) is 20.8. The van der Waals surface area contributed by atoms with Crippen LogP contribution in [0.25, 0.3) is 10.9 Å². The lowest BCUT2D eigenvalue weighted by Gasteiger charge is -2.38. The molecule has 1 amide bonds. The number of ketones is 1. The first-order chi connectivity index (χ1) is 14.5. The minimum absolute atomic E-state index is 0.0596. The number of carbonyl (C=O) groups excluding carboxylic acids is 2. The standard InChI is InChI=1S/C24H32N4O2/c1-3-16(2)22(25)23(29)21-15-18-14-17(8-9-20(18)26-21)24(30)28-12-10-27(11-13-28)19-6-4-5-7-19/h8-9,14-16,19,25-26H,3-7,10-13H2,1-2H3. The Labute approximate surface area is 178 Å². The molecule has 1 aromatic heterocycles. The van der Waals surface area contributed by atoms with Crippen LogP contribution in [0.15, 0.2) is 24.3 Å². The highest BCUT2D eigenvalue weighted by Crippen LogP contribution is 2.25. The number of hydrogen-bond acceptors (Lipinski definition) is 4. The molecular weight excluding hydrogens is 376 g/mol. The number of H-pyrrole nitrogens is 1. The Morgan fingerprint density at radius 1 is 1.13 bits per heavy atom. The van der Waals surface area contributed by atoms with E-state index in [0.717, 1.165) is 43.5 Å². The Morgan fingerprint density at radius 3 is 2.50 bits per heavy atom. The van der Waals surface area contributed by atoms with Gasteiger partial charge < -0.3 is 15.3 Å². The van der Waals surface area contributed by atoms with Gasteiger partial charge in [-0.1, -0.05) is 26.7 Å². The molecule has 2 N–H and O–H groups in total. The van der Waals surface area contributed by atoms with E-state index >= 15 is 0 Å². The van der Waals surface area contributed by atoms with Crippen molar-refractivity contribution in [2.45, 2.75) is 52.0 Å². The number of nitrogens with zero attached hydrogens (tertiary/aromatic N) is 2. The summed E-state index contributed by atoms with van der Waals surface area (Å²) in [6.07, 6.45) is 6.03. The van der Waals surface area contributed by atoms with Gasteiger partial charge >= 0.3 is 0 Å². The van der Waals surface area contributed by atoms with Crippen molar-refractivity contribution in [1.29, 1.82) is 5.41 Å². The maximum Gasteiger partial charge on any atom is 0.253 e. The van der Waals surface area contributed by atoms with E-state index in [1.54, 1.807) is 6.07 Å². The third-order valence-electron chi connectivity index (χ3n) is 6.90. The second-order valence-corrected chi connectivity index (χ2v) is 8.80. The molecule has 1 saturated carbocycles. The molecule has 1 unspecified atom stereocenters. The number of Topliss-reactive ketones (excluding diaryl/α,β-unsaturated/α-hetero) is 1. The average molecular weight is 409 g/mol. The number of amides is 1. The van der Waals surface area contributed by atoms with E-state index in [1.807, 2.05) is 36.9 Å². The van der Waals surface area contributed by atoms with Gasteiger partial charge in [-0.15, -0.1) is 0 Å². The average Bonchev–Trinajstić information content (AvgIpc) is 3.46. The van der Waals surface area contributed by atoms with Crippen molar-refractivity contribution in [3.8, 4) is 0 Å². The number of rotatable bonds is 6. The summed E-state index contributed by atoms with van der Waals surface area (Å²) in [5, 5.41) is 8.94. The lowest BCUT2D eigenvalue weighted by Crippen LogP contribution is -2.51. The zero-order valence-corrected chi connectivity index (χ0v) is 18.0. The summed E-state index contributed by atoms with van der Waals surface area (Å²) in [5.41, 5.74) is 2.02. The molecule has 6 nitrogen and oxygen atoms in total. The molecule has 1 atom stereocenters. The number of nitrogens with one attached hydrogen (secondary N) is 2. The maximum atomic E-state index is 13.0. The molecule has 160 valence electrons. The van der Waals surface area contributed by atoms with E-state index in [4.69, 9.17) is 5.41 Å². The number of benzene rings is 1. The van der Waals surface area contributed by atoms with E-state index in [1.165, 1.54) is 25.7 Å². The summed E-state index contributed by atoms with van der Waals surface area (Å²) in [4.78, 5) is 33.2. The van der Waals surface area contributed by atoms with Crippen LogP contribution in [-0.4, -0.2) is 64.4 Å². The highest BCUT2D eigenvalue weighted by Gasteiger charge is 2.28. The largest absolute Gasteiger partial charge is 0.352 e. The summed E-state index contributed by atoms with van der Waals surface area (Å²) in [7, 11) is 0. The van der Waals surface area contributed by atoms with Crippen molar-refractivity contribution in [3.05, 3.63) is 35.5 Å². The smallest absolute Gasteiger partial charge is 0.253 e. The minimum atomic E-state index is -0.267. The Kier molecular flexibility index (Phi) is 6.04. The molecule has 2 aromatic rings. The second kappa shape index (κ2) is 8.72. The Morgan fingerprint density at radius 2 is 1.83 bits per heavy atom. The Bertz CT molecular complexity index is 949. The molecule has 6 heteroatoms. The molecule has 2 heterocycles. The first-order valence-corrected chi connectivity index (χ1v) is 11.3. The van der Waals surface area contributed by atoms with Crippen LogP contribution in [0.4, 0.5) is 0 Å². The highest BCUT2D eigenvalue weighted by molar-refractivity contribution is 6.45. The molecule has 1 aliphatic heterocycles. The van der Waals surface area contributed by atoms with Crippen molar-refractivity contribution < 1.29 is 9.59 Å². The molecule has 1 aromatic carbocycles. The van der Waals surface area contributed by atoms with Crippen LogP contribution in [0.5, 0.6) is 0 Å². The zero-order chi connectivity index (χ0) is 21.3. The molecule has 1 saturated heterocycles. The van der Waals surface area contributed by atoms with Gasteiger partial charge in [0.15, 0.2) is 0 Å². The monoisotopic (exact) mass is 408 g/mol. The summed E-state index contributed by atoms with van der Waals surface area (Å²) in [5.74, 6) is -0.273. The van der Waals surface area contributed by atoms with Crippen LogP contribution >= 0.6 is 0 Å². The van der Waals surface area contributed by atoms with Crippen LogP contribution < -0.4 is 0 Å². The van der Waals surface area contributed by atoms with Gasteiger partial charge in [0.05, 0.1) is 11.4 Å². The fraction of sp³-hybridized carbons (Fsp3) is 0.542. The molecule has 4 rings (SSSR count). The predicted octanol–water partition coefficient (Wildman–Crippen LogP) is 4.12. The van der Waals surface area contributed by atoms with Crippen molar-refractivity contribution in [2.75, 3.05) is 26.2 Å².